The average Bonchev–Trinajstić information content (AvgIpc) is 3.12. The number of piperidine rings is 1. The molecule has 1 saturated heterocycles. The van der Waals surface area contributed by atoms with Crippen molar-refractivity contribution in [3.63, 3.8) is 0 Å². The second-order valence-corrected chi connectivity index (χ2v) is 14.7. The fourth-order valence-electron chi connectivity index (χ4n) is 5.80. The normalized spacial score (nSPS) is 13.4. The molecule has 1 fully saturated rings. The molecule has 0 radical (unpaired) electrons. The fraction of sp³-hybridized carbons (Fsp3) is 0.350. The fourth-order valence-corrected chi connectivity index (χ4v) is 6.67. The molecule has 52 heavy (non-hydrogen) atoms. The molecule has 0 atom stereocenters. The number of thioether (sulfide) groups is 1. The van der Waals surface area contributed by atoms with E-state index >= 15 is 0 Å². The summed E-state index contributed by atoms with van der Waals surface area (Å²) < 4.78 is 44.9. The molecule has 0 aliphatic carbocycles. The summed E-state index contributed by atoms with van der Waals surface area (Å²) in [6.45, 7) is 7.23. The van der Waals surface area contributed by atoms with Crippen LogP contribution in [0.5, 0.6) is 0 Å². The predicted octanol–water partition coefficient (Wildman–Crippen LogP) is 8.91. The quantitative estimate of drug-likeness (QED) is 0.111. The second-order valence-electron chi connectivity index (χ2n) is 13.6. The number of carbonyl (C=O) groups is 3. The SMILES string of the molecule is CC(C)(C)OC(=O)CCSCc1cccc(C(=O)Nc2ccc(N3CCCCC3)cc2-c2cc(C(=O)NCc3cccc(C(F)(F)F)c3)ccn2)c1. The molecule has 1 aliphatic heterocycles. The summed E-state index contributed by atoms with van der Waals surface area (Å²) in [6.07, 6.45) is 0.620. The standard InChI is InChI=1S/C40H43F3N4O4S/c1-39(2,3)51-36(48)16-20-52-26-28-10-7-11-29(21-28)38(50)46-34-14-13-32(47-18-5-4-6-19-47)24-33(34)35-23-30(15-17-44-35)37(49)45-25-27-9-8-12-31(22-27)40(41,42)43/h7-15,17,21-24H,4-6,16,18-20,25-26H2,1-3H3,(H,45,49)(H,46,50). The maximum absolute atomic E-state index is 13.6. The van der Waals surface area contributed by atoms with E-state index in [1.165, 1.54) is 24.4 Å². The number of amides is 2. The van der Waals surface area contributed by atoms with Crippen LogP contribution >= 0.6 is 11.8 Å². The van der Waals surface area contributed by atoms with Crippen LogP contribution in [0.1, 0.15) is 83.9 Å². The van der Waals surface area contributed by atoms with Gasteiger partial charge in [0, 0.05) is 59.7 Å². The molecule has 0 bridgehead atoms. The zero-order valence-electron chi connectivity index (χ0n) is 29.5. The first-order valence-corrected chi connectivity index (χ1v) is 18.4. The third-order valence-corrected chi connectivity index (χ3v) is 9.34. The Kier molecular flexibility index (Phi) is 12.6. The second kappa shape index (κ2) is 17.1. The van der Waals surface area contributed by atoms with Crippen molar-refractivity contribution in [3.8, 4) is 11.3 Å². The number of alkyl halides is 3. The van der Waals surface area contributed by atoms with E-state index in [9.17, 15) is 27.6 Å². The highest BCUT2D eigenvalue weighted by Crippen LogP contribution is 2.34. The van der Waals surface area contributed by atoms with Crippen LogP contribution in [0, 0.1) is 0 Å². The van der Waals surface area contributed by atoms with Crippen molar-refractivity contribution < 1.29 is 32.3 Å². The van der Waals surface area contributed by atoms with Crippen LogP contribution in [-0.4, -0.2) is 47.2 Å². The van der Waals surface area contributed by atoms with E-state index in [0.717, 1.165) is 55.7 Å². The Bertz CT molecular complexity index is 1890. The van der Waals surface area contributed by atoms with E-state index < -0.39 is 23.2 Å². The highest BCUT2D eigenvalue weighted by Gasteiger charge is 2.30. The molecular formula is C40H43F3N4O4S. The highest BCUT2D eigenvalue weighted by atomic mass is 32.2. The van der Waals surface area contributed by atoms with Crippen molar-refractivity contribution in [2.45, 2.75) is 70.5 Å². The molecule has 0 unspecified atom stereocenters. The Morgan fingerprint density at radius 1 is 0.846 bits per heavy atom. The van der Waals surface area contributed by atoms with Crippen molar-refractivity contribution in [3.05, 3.63) is 113 Å². The zero-order valence-corrected chi connectivity index (χ0v) is 30.3. The lowest BCUT2D eigenvalue weighted by molar-refractivity contribution is -0.154. The summed E-state index contributed by atoms with van der Waals surface area (Å²) in [5, 5.41) is 5.75. The van der Waals surface area contributed by atoms with E-state index in [4.69, 9.17) is 4.74 Å². The Morgan fingerprint density at radius 3 is 2.33 bits per heavy atom. The lowest BCUT2D eigenvalue weighted by Gasteiger charge is -2.29. The lowest BCUT2D eigenvalue weighted by atomic mass is 10.0. The van der Waals surface area contributed by atoms with Crippen LogP contribution in [0.15, 0.2) is 85.1 Å². The van der Waals surface area contributed by atoms with Crippen molar-refractivity contribution in [1.29, 1.82) is 0 Å². The van der Waals surface area contributed by atoms with Gasteiger partial charge in [-0.15, -0.1) is 0 Å². The van der Waals surface area contributed by atoms with Crippen molar-refractivity contribution in [2.75, 3.05) is 29.1 Å². The maximum atomic E-state index is 13.6. The molecular weight excluding hydrogens is 690 g/mol. The molecule has 0 saturated carbocycles. The number of nitrogens with one attached hydrogen (secondary N) is 2. The van der Waals surface area contributed by atoms with Gasteiger partial charge in [-0.05, 0) is 106 Å². The minimum atomic E-state index is -4.48. The van der Waals surface area contributed by atoms with Crippen molar-refractivity contribution in [1.82, 2.24) is 10.3 Å². The van der Waals surface area contributed by atoms with Gasteiger partial charge in [0.2, 0.25) is 0 Å². The first-order valence-electron chi connectivity index (χ1n) is 17.2. The van der Waals surface area contributed by atoms with Crippen LogP contribution in [0.4, 0.5) is 24.5 Å². The highest BCUT2D eigenvalue weighted by molar-refractivity contribution is 7.98. The molecule has 1 aliphatic rings. The van der Waals surface area contributed by atoms with Gasteiger partial charge in [0.15, 0.2) is 0 Å². The van der Waals surface area contributed by atoms with Gasteiger partial charge in [0.25, 0.3) is 11.8 Å². The Labute approximate surface area is 306 Å². The molecule has 4 aromatic rings. The molecule has 5 rings (SSSR count). The minimum absolute atomic E-state index is 0.0898. The van der Waals surface area contributed by atoms with Crippen LogP contribution < -0.4 is 15.5 Å². The van der Waals surface area contributed by atoms with Crippen molar-refractivity contribution in [2.24, 2.45) is 0 Å². The summed E-state index contributed by atoms with van der Waals surface area (Å²) in [7, 11) is 0. The van der Waals surface area contributed by atoms with E-state index in [-0.39, 0.29) is 24.0 Å². The van der Waals surface area contributed by atoms with Crippen LogP contribution in [0.3, 0.4) is 0 Å². The van der Waals surface area contributed by atoms with Crippen LogP contribution in [0.25, 0.3) is 11.3 Å². The smallest absolute Gasteiger partial charge is 0.416 e. The molecule has 1 aromatic heterocycles. The summed E-state index contributed by atoms with van der Waals surface area (Å²) in [4.78, 5) is 45.7. The molecule has 0 spiro atoms. The molecule has 2 amide bonds. The van der Waals surface area contributed by atoms with E-state index in [2.05, 4.69) is 20.5 Å². The largest absolute Gasteiger partial charge is 0.460 e. The number of pyridine rings is 1. The third-order valence-electron chi connectivity index (χ3n) is 8.31. The number of rotatable bonds is 12. The number of esters is 1. The number of halogens is 3. The van der Waals surface area contributed by atoms with Gasteiger partial charge in [0.1, 0.15) is 5.60 Å². The Balaban J connectivity index is 1.32. The Hall–Kier alpha value is -4.84. The van der Waals surface area contributed by atoms with Crippen LogP contribution in [0.2, 0.25) is 0 Å². The van der Waals surface area contributed by atoms with Gasteiger partial charge in [-0.1, -0.05) is 24.3 Å². The van der Waals surface area contributed by atoms with Gasteiger partial charge >= 0.3 is 12.1 Å². The number of aromatic nitrogens is 1. The monoisotopic (exact) mass is 732 g/mol. The van der Waals surface area contributed by atoms with E-state index in [0.29, 0.717) is 46.0 Å². The summed E-state index contributed by atoms with van der Waals surface area (Å²) >= 11 is 1.58. The summed E-state index contributed by atoms with van der Waals surface area (Å²) in [6, 6.07) is 21.1. The molecule has 12 heteroatoms. The lowest BCUT2D eigenvalue weighted by Crippen LogP contribution is -2.29. The zero-order chi connectivity index (χ0) is 37.3. The van der Waals surface area contributed by atoms with E-state index in [1.54, 1.807) is 23.9 Å². The first kappa shape index (κ1) is 38.4. The number of hydrogen-bond acceptors (Lipinski definition) is 7. The molecule has 8 nitrogen and oxygen atoms in total. The summed E-state index contributed by atoms with van der Waals surface area (Å²) in [5.41, 5.74) is 3.25. The number of anilines is 2. The number of nitrogens with zero attached hydrogens (tertiary/aromatic N) is 2. The molecule has 2 N–H and O–H groups in total. The maximum Gasteiger partial charge on any atom is 0.416 e. The summed E-state index contributed by atoms with van der Waals surface area (Å²) in [5.74, 6) is 0.174. The predicted molar refractivity (Wildman–Crippen MR) is 199 cm³/mol. The number of hydrogen-bond donors (Lipinski definition) is 2. The molecule has 3 aromatic carbocycles. The van der Waals surface area contributed by atoms with E-state index in [1.807, 2.05) is 57.2 Å². The molecule has 274 valence electrons. The topological polar surface area (TPSA) is 101 Å². The number of carbonyl (C=O) groups excluding carboxylic acids is 3. The number of ether oxygens (including phenoxy) is 1. The third kappa shape index (κ3) is 11.1. The minimum Gasteiger partial charge on any atom is -0.460 e. The van der Waals surface area contributed by atoms with Crippen molar-refractivity contribution >= 4 is 40.9 Å². The van der Waals surface area contributed by atoms with Gasteiger partial charge < -0.3 is 20.3 Å². The average molecular weight is 733 g/mol. The van der Waals surface area contributed by atoms with Gasteiger partial charge in [0.05, 0.1) is 23.4 Å². The van der Waals surface area contributed by atoms with Gasteiger partial charge in [-0.3, -0.25) is 19.4 Å². The number of benzene rings is 3. The van der Waals surface area contributed by atoms with Crippen LogP contribution in [-0.2, 0) is 28.0 Å². The Morgan fingerprint density at radius 2 is 1.58 bits per heavy atom. The first-order chi connectivity index (χ1) is 24.7. The molecule has 2 heterocycles. The van der Waals surface area contributed by atoms with Gasteiger partial charge in [-0.25, -0.2) is 0 Å². The van der Waals surface area contributed by atoms with Gasteiger partial charge in [-0.2, -0.15) is 24.9 Å².